The molecule has 0 amide bonds. The molecule has 3 heteroatoms. The fourth-order valence-electron chi connectivity index (χ4n) is 2.47. The van der Waals surface area contributed by atoms with E-state index in [1.54, 1.807) is 0 Å². The molecular formula is C13H16N2S. The minimum Gasteiger partial charge on any atom is -0.335 e. The monoisotopic (exact) mass is 232 g/mol. The van der Waals surface area contributed by atoms with Gasteiger partial charge in [0, 0.05) is 11.4 Å². The fraction of sp³-hybridized carbons (Fsp3) is 0.462. The lowest BCUT2D eigenvalue weighted by Crippen LogP contribution is -2.25. The van der Waals surface area contributed by atoms with Gasteiger partial charge < -0.3 is 5.32 Å². The van der Waals surface area contributed by atoms with Gasteiger partial charge in [0.25, 0.3) is 0 Å². The van der Waals surface area contributed by atoms with Gasteiger partial charge in [-0.1, -0.05) is 36.4 Å². The third-order valence-corrected chi connectivity index (χ3v) is 4.44. The molecule has 0 bridgehead atoms. The topological polar surface area (TPSA) is 24.4 Å². The van der Waals surface area contributed by atoms with Crippen molar-refractivity contribution in [3.05, 3.63) is 30.3 Å². The first kappa shape index (κ1) is 10.2. The van der Waals surface area contributed by atoms with Crippen molar-refractivity contribution in [3.63, 3.8) is 0 Å². The lowest BCUT2D eigenvalue weighted by atomic mass is 10.1. The second kappa shape index (κ2) is 4.50. The predicted molar refractivity (Wildman–Crippen MR) is 71.1 cm³/mol. The Labute approximate surface area is 101 Å². The Kier molecular flexibility index (Phi) is 2.87. The number of benzene rings is 1. The summed E-state index contributed by atoms with van der Waals surface area (Å²) in [4.78, 5) is 4.81. The van der Waals surface area contributed by atoms with E-state index in [4.69, 9.17) is 4.99 Å². The Hall–Kier alpha value is -0.960. The summed E-state index contributed by atoms with van der Waals surface area (Å²) in [6.45, 7) is 0. The number of nitrogens with one attached hydrogen (secondary N) is 1. The van der Waals surface area contributed by atoms with E-state index >= 15 is 0 Å². The van der Waals surface area contributed by atoms with E-state index < -0.39 is 0 Å². The van der Waals surface area contributed by atoms with Crippen LogP contribution in [0.25, 0.3) is 0 Å². The Morgan fingerprint density at radius 2 is 2.06 bits per heavy atom. The number of nitrogens with zero attached hydrogens (tertiary/aromatic N) is 1. The molecule has 1 N–H and O–H groups in total. The summed E-state index contributed by atoms with van der Waals surface area (Å²) < 4.78 is 0. The average Bonchev–Trinajstić information content (AvgIpc) is 2.77. The zero-order valence-electron chi connectivity index (χ0n) is 9.23. The molecule has 0 radical (unpaired) electrons. The number of hydrogen-bond acceptors (Lipinski definition) is 3. The van der Waals surface area contributed by atoms with Gasteiger partial charge in [0.2, 0.25) is 0 Å². The van der Waals surface area contributed by atoms with Crippen LogP contribution in [-0.2, 0) is 0 Å². The van der Waals surface area contributed by atoms with E-state index in [-0.39, 0.29) is 0 Å². The molecule has 84 valence electrons. The molecule has 1 aliphatic carbocycles. The summed E-state index contributed by atoms with van der Waals surface area (Å²) in [7, 11) is 0. The molecule has 2 unspecified atom stereocenters. The molecule has 1 saturated carbocycles. The molecule has 2 aliphatic rings. The van der Waals surface area contributed by atoms with Gasteiger partial charge in [-0.05, 0) is 30.9 Å². The quantitative estimate of drug-likeness (QED) is 0.803. The number of anilines is 1. The summed E-state index contributed by atoms with van der Waals surface area (Å²) in [6, 6.07) is 10.9. The molecule has 1 aromatic rings. The largest absolute Gasteiger partial charge is 0.335 e. The van der Waals surface area contributed by atoms with E-state index in [1.807, 2.05) is 17.8 Å². The molecular weight excluding hydrogens is 216 g/mol. The van der Waals surface area contributed by atoms with E-state index in [9.17, 15) is 0 Å². The summed E-state index contributed by atoms with van der Waals surface area (Å²) in [5.41, 5.74) is 1.14. The smallest absolute Gasteiger partial charge is 0.161 e. The van der Waals surface area contributed by atoms with Crippen molar-refractivity contribution in [2.45, 2.75) is 25.3 Å². The maximum Gasteiger partial charge on any atom is 0.161 e. The summed E-state index contributed by atoms with van der Waals surface area (Å²) in [5, 5.41) is 4.51. The van der Waals surface area contributed by atoms with Crippen molar-refractivity contribution in [2.24, 2.45) is 10.9 Å². The minimum atomic E-state index is 0.590. The third kappa shape index (κ3) is 2.09. The van der Waals surface area contributed by atoms with E-state index in [0.29, 0.717) is 6.04 Å². The van der Waals surface area contributed by atoms with Gasteiger partial charge in [-0.15, -0.1) is 0 Å². The first-order chi connectivity index (χ1) is 7.92. The lowest BCUT2D eigenvalue weighted by Gasteiger charge is -2.23. The van der Waals surface area contributed by atoms with Crippen molar-refractivity contribution < 1.29 is 0 Å². The van der Waals surface area contributed by atoms with Crippen LogP contribution < -0.4 is 5.32 Å². The highest BCUT2D eigenvalue weighted by molar-refractivity contribution is 8.14. The van der Waals surface area contributed by atoms with Crippen molar-refractivity contribution >= 4 is 22.6 Å². The molecule has 1 heterocycles. The second-order valence-electron chi connectivity index (χ2n) is 4.49. The summed E-state index contributed by atoms with van der Waals surface area (Å²) in [6.07, 6.45) is 4.02. The molecule has 2 nitrogen and oxygen atoms in total. The Bertz CT molecular complexity index is 388. The van der Waals surface area contributed by atoms with Crippen LogP contribution in [0, 0.1) is 5.92 Å². The zero-order chi connectivity index (χ0) is 10.8. The zero-order valence-corrected chi connectivity index (χ0v) is 10.0. The van der Waals surface area contributed by atoms with Crippen LogP contribution in [0.3, 0.4) is 0 Å². The SMILES string of the molecule is c1ccc(NC2=NC3CCCC3CS2)cc1. The number of hydrogen-bond donors (Lipinski definition) is 1. The van der Waals surface area contributed by atoms with Crippen molar-refractivity contribution in [2.75, 3.05) is 11.1 Å². The molecule has 0 saturated heterocycles. The van der Waals surface area contributed by atoms with E-state index in [0.717, 1.165) is 16.8 Å². The highest BCUT2D eigenvalue weighted by atomic mass is 32.2. The van der Waals surface area contributed by atoms with E-state index in [2.05, 4.69) is 29.6 Å². The van der Waals surface area contributed by atoms with Gasteiger partial charge in [0.1, 0.15) is 0 Å². The van der Waals surface area contributed by atoms with Gasteiger partial charge >= 0.3 is 0 Å². The number of amidine groups is 1. The van der Waals surface area contributed by atoms with Crippen LogP contribution in [0.2, 0.25) is 0 Å². The molecule has 0 aromatic heterocycles. The van der Waals surface area contributed by atoms with Gasteiger partial charge in [-0.2, -0.15) is 0 Å². The number of thioether (sulfide) groups is 1. The summed E-state index contributed by atoms with van der Waals surface area (Å²) in [5.74, 6) is 2.08. The Balaban J connectivity index is 1.72. The molecule has 0 spiro atoms. The van der Waals surface area contributed by atoms with Crippen LogP contribution in [0.4, 0.5) is 5.69 Å². The average molecular weight is 232 g/mol. The van der Waals surface area contributed by atoms with Crippen LogP contribution in [0.5, 0.6) is 0 Å². The molecule has 2 atom stereocenters. The normalized spacial score (nSPS) is 28.4. The van der Waals surface area contributed by atoms with Gasteiger partial charge in [0.05, 0.1) is 6.04 Å². The molecule has 1 aromatic carbocycles. The van der Waals surface area contributed by atoms with Crippen LogP contribution in [0.15, 0.2) is 35.3 Å². The fourth-order valence-corrected chi connectivity index (χ4v) is 3.63. The number of rotatable bonds is 1. The Morgan fingerprint density at radius 1 is 1.19 bits per heavy atom. The second-order valence-corrected chi connectivity index (χ2v) is 5.50. The predicted octanol–water partition coefficient (Wildman–Crippen LogP) is 3.37. The number of aliphatic imine (C=N–C) groups is 1. The van der Waals surface area contributed by atoms with E-state index in [1.165, 1.54) is 25.0 Å². The molecule has 3 rings (SSSR count). The van der Waals surface area contributed by atoms with Gasteiger partial charge in [0.15, 0.2) is 5.17 Å². The highest BCUT2D eigenvalue weighted by Gasteiger charge is 2.30. The first-order valence-corrected chi connectivity index (χ1v) is 6.93. The maximum absolute atomic E-state index is 4.81. The number of para-hydroxylation sites is 1. The van der Waals surface area contributed by atoms with Crippen LogP contribution in [-0.4, -0.2) is 17.0 Å². The minimum absolute atomic E-state index is 0.590. The summed E-state index contributed by atoms with van der Waals surface area (Å²) >= 11 is 1.87. The number of fused-ring (bicyclic) bond motifs is 1. The van der Waals surface area contributed by atoms with Gasteiger partial charge in [-0.3, -0.25) is 4.99 Å². The standard InChI is InChI=1S/C13H16N2S/c1-2-6-11(7-3-1)14-13-15-12-8-4-5-10(12)9-16-13/h1-3,6-7,10,12H,4-5,8-9H2,(H,14,15). The van der Waals surface area contributed by atoms with Crippen LogP contribution in [0.1, 0.15) is 19.3 Å². The molecule has 1 aliphatic heterocycles. The molecule has 1 fully saturated rings. The highest BCUT2D eigenvalue weighted by Crippen LogP contribution is 2.35. The first-order valence-electron chi connectivity index (χ1n) is 5.94. The van der Waals surface area contributed by atoms with Crippen molar-refractivity contribution in [1.29, 1.82) is 0 Å². The van der Waals surface area contributed by atoms with Gasteiger partial charge in [-0.25, -0.2) is 0 Å². The van der Waals surface area contributed by atoms with Crippen molar-refractivity contribution in [3.8, 4) is 0 Å². The third-order valence-electron chi connectivity index (χ3n) is 3.36. The Morgan fingerprint density at radius 3 is 2.94 bits per heavy atom. The van der Waals surface area contributed by atoms with Crippen molar-refractivity contribution in [1.82, 2.24) is 0 Å². The van der Waals surface area contributed by atoms with Crippen LogP contribution >= 0.6 is 11.8 Å². The molecule has 16 heavy (non-hydrogen) atoms. The maximum atomic E-state index is 4.81. The lowest BCUT2D eigenvalue weighted by molar-refractivity contribution is 0.535.